The molecule has 3 rings (SSSR count). The number of thioether (sulfide) groups is 1. The Labute approximate surface area is 143 Å². The van der Waals surface area contributed by atoms with Gasteiger partial charge in [0, 0.05) is 10.5 Å². The van der Waals surface area contributed by atoms with E-state index in [-0.39, 0.29) is 0 Å². The fraction of sp³-hybridized carbons (Fsp3) is 0.125. The molecule has 0 spiro atoms. The molecule has 0 amide bonds. The summed E-state index contributed by atoms with van der Waals surface area (Å²) in [5.74, 6) is -2.57. The average Bonchev–Trinajstić information content (AvgIpc) is 2.98. The zero-order valence-electron chi connectivity index (χ0n) is 12.0. The lowest BCUT2D eigenvalue weighted by Crippen LogP contribution is -2.25. The molecule has 0 atom stereocenters. The molecule has 0 unspecified atom stereocenters. The fourth-order valence-corrected chi connectivity index (χ4v) is 3.52. The highest BCUT2D eigenvalue weighted by Gasteiger charge is 2.40. The molecule has 0 saturated heterocycles. The molecule has 3 aromatic rings. The molecule has 3 nitrogen and oxygen atoms in total. The molecule has 8 heteroatoms. The van der Waals surface area contributed by atoms with Crippen molar-refractivity contribution in [3.05, 3.63) is 48.5 Å². The summed E-state index contributed by atoms with van der Waals surface area (Å²) >= 11 is 2.58. The highest BCUT2D eigenvalue weighted by Crippen LogP contribution is 2.31. The van der Waals surface area contributed by atoms with Crippen LogP contribution in [0.1, 0.15) is 0 Å². The Kier molecular flexibility index (Phi) is 4.77. The van der Waals surface area contributed by atoms with Crippen molar-refractivity contribution < 1.29 is 22.7 Å². The van der Waals surface area contributed by atoms with Gasteiger partial charge < -0.3 is 4.74 Å². The molecule has 0 saturated carbocycles. The molecule has 0 aliphatic rings. The second-order valence-electron chi connectivity index (χ2n) is 4.70. The Morgan fingerprint density at radius 2 is 1.83 bits per heavy atom. The highest BCUT2D eigenvalue weighted by molar-refractivity contribution is 7.99. The number of halogens is 3. The van der Waals surface area contributed by atoms with Gasteiger partial charge in [-0.2, -0.15) is 13.2 Å². The Morgan fingerprint density at radius 1 is 1.12 bits per heavy atom. The number of thiazole rings is 1. The van der Waals surface area contributed by atoms with Gasteiger partial charge in [0.25, 0.3) is 0 Å². The molecule has 1 heterocycles. The van der Waals surface area contributed by atoms with Crippen molar-refractivity contribution in [3.63, 3.8) is 0 Å². The smallest absolute Gasteiger partial charge is 0.448 e. The van der Waals surface area contributed by atoms with Crippen LogP contribution in [-0.2, 0) is 9.53 Å². The number of para-hydroxylation sites is 1. The lowest BCUT2D eigenvalue weighted by atomic mass is 10.2. The molecule has 2 aromatic carbocycles. The highest BCUT2D eigenvalue weighted by atomic mass is 32.2. The first kappa shape index (κ1) is 16.8. The van der Waals surface area contributed by atoms with Gasteiger partial charge >= 0.3 is 12.1 Å². The summed E-state index contributed by atoms with van der Waals surface area (Å²) < 4.78 is 41.3. The van der Waals surface area contributed by atoms with Crippen LogP contribution in [0.15, 0.2) is 53.4 Å². The zero-order chi connectivity index (χ0) is 17.2. The third-order valence-electron chi connectivity index (χ3n) is 3.04. The predicted octanol–water partition coefficient (Wildman–Crippen LogP) is 5.12. The van der Waals surface area contributed by atoms with Crippen LogP contribution in [0.2, 0.25) is 0 Å². The number of ether oxygens (including phenoxy) is 1. The number of aromatic nitrogens is 1. The molecule has 0 aliphatic carbocycles. The molecule has 0 aliphatic heterocycles. The average molecular weight is 369 g/mol. The van der Waals surface area contributed by atoms with E-state index >= 15 is 0 Å². The first-order chi connectivity index (χ1) is 11.4. The van der Waals surface area contributed by atoms with Crippen LogP contribution in [0.4, 0.5) is 13.2 Å². The number of rotatable bonds is 4. The van der Waals surface area contributed by atoms with Crippen molar-refractivity contribution >= 4 is 39.3 Å². The van der Waals surface area contributed by atoms with Gasteiger partial charge in [0.1, 0.15) is 10.9 Å². The van der Waals surface area contributed by atoms with Gasteiger partial charge in [-0.1, -0.05) is 36.0 Å². The molecular formula is C16H10F3NO2S2. The standard InChI is InChI=1S/C16H10F3NO2S2/c17-16(18,19)15(21)22-9-23-11-7-5-10(6-8-11)14-20-12-3-1-2-4-13(12)24-14/h1-8H,9H2. The molecule has 24 heavy (non-hydrogen) atoms. The molecule has 124 valence electrons. The molecule has 0 radical (unpaired) electrons. The molecular weight excluding hydrogens is 359 g/mol. The second kappa shape index (κ2) is 6.82. The van der Waals surface area contributed by atoms with Gasteiger partial charge in [0.15, 0.2) is 0 Å². The van der Waals surface area contributed by atoms with Gasteiger partial charge in [-0.3, -0.25) is 0 Å². The Morgan fingerprint density at radius 3 is 2.50 bits per heavy atom. The number of benzene rings is 2. The summed E-state index contributed by atoms with van der Waals surface area (Å²) in [6.45, 7) is 0. The van der Waals surface area contributed by atoms with E-state index in [1.165, 1.54) is 0 Å². The molecule has 1 aromatic heterocycles. The van der Waals surface area contributed by atoms with Crippen molar-refractivity contribution in [2.24, 2.45) is 0 Å². The van der Waals surface area contributed by atoms with Crippen LogP contribution in [-0.4, -0.2) is 23.1 Å². The molecule has 0 fully saturated rings. The van der Waals surface area contributed by atoms with Crippen LogP contribution >= 0.6 is 23.1 Å². The van der Waals surface area contributed by atoms with E-state index < -0.39 is 18.1 Å². The number of fused-ring (bicyclic) bond motifs is 1. The SMILES string of the molecule is O=C(OCSc1ccc(-c2nc3ccccc3s2)cc1)C(F)(F)F. The van der Waals surface area contributed by atoms with Gasteiger partial charge in [-0.25, -0.2) is 9.78 Å². The monoisotopic (exact) mass is 369 g/mol. The van der Waals surface area contributed by atoms with Crippen LogP contribution in [0.5, 0.6) is 0 Å². The first-order valence-electron chi connectivity index (χ1n) is 6.76. The fourth-order valence-electron chi connectivity index (χ4n) is 1.92. The number of carbonyl (C=O) groups excluding carboxylic acids is 1. The molecule has 0 N–H and O–H groups in total. The second-order valence-corrected chi connectivity index (χ2v) is 6.73. The van der Waals surface area contributed by atoms with Gasteiger partial charge in [0.2, 0.25) is 0 Å². The number of alkyl halides is 3. The largest absolute Gasteiger partial charge is 0.490 e. The van der Waals surface area contributed by atoms with E-state index in [0.29, 0.717) is 4.90 Å². The number of hydrogen-bond acceptors (Lipinski definition) is 5. The minimum Gasteiger partial charge on any atom is -0.448 e. The third kappa shape index (κ3) is 3.88. The van der Waals surface area contributed by atoms with Crippen molar-refractivity contribution in [1.29, 1.82) is 0 Å². The van der Waals surface area contributed by atoms with E-state index in [1.54, 1.807) is 23.5 Å². The Hall–Kier alpha value is -2.06. The van der Waals surface area contributed by atoms with Crippen LogP contribution < -0.4 is 0 Å². The minimum atomic E-state index is -4.96. The van der Waals surface area contributed by atoms with E-state index in [9.17, 15) is 18.0 Å². The van der Waals surface area contributed by atoms with Crippen molar-refractivity contribution in [2.45, 2.75) is 11.1 Å². The van der Waals surface area contributed by atoms with Gasteiger partial charge in [0.05, 0.1) is 10.2 Å². The van der Waals surface area contributed by atoms with Crippen molar-refractivity contribution in [3.8, 4) is 10.6 Å². The van der Waals surface area contributed by atoms with Crippen molar-refractivity contribution in [1.82, 2.24) is 4.98 Å². The lowest BCUT2D eigenvalue weighted by Gasteiger charge is -2.07. The maximum Gasteiger partial charge on any atom is 0.490 e. The normalized spacial score (nSPS) is 11.6. The Bertz CT molecular complexity index is 827. The molecule has 0 bridgehead atoms. The summed E-state index contributed by atoms with van der Waals surface area (Å²) in [6.07, 6.45) is -4.96. The van der Waals surface area contributed by atoms with Gasteiger partial charge in [-0.05, 0) is 24.3 Å². The van der Waals surface area contributed by atoms with Crippen LogP contribution in [0.3, 0.4) is 0 Å². The number of carbonyl (C=O) groups is 1. The minimum absolute atomic E-state index is 0.390. The van der Waals surface area contributed by atoms with E-state index in [4.69, 9.17) is 0 Å². The summed E-state index contributed by atoms with van der Waals surface area (Å²) in [5.41, 5.74) is 1.85. The summed E-state index contributed by atoms with van der Waals surface area (Å²) in [4.78, 5) is 15.9. The number of hydrogen-bond donors (Lipinski definition) is 0. The van der Waals surface area contributed by atoms with Gasteiger partial charge in [-0.15, -0.1) is 11.3 Å². The zero-order valence-corrected chi connectivity index (χ0v) is 13.7. The Balaban J connectivity index is 1.64. The van der Waals surface area contributed by atoms with Crippen LogP contribution in [0, 0.1) is 0 Å². The maximum absolute atomic E-state index is 12.0. The summed E-state index contributed by atoms with van der Waals surface area (Å²) in [6, 6.07) is 15.0. The summed E-state index contributed by atoms with van der Waals surface area (Å²) in [7, 11) is 0. The number of nitrogens with zero attached hydrogens (tertiary/aromatic N) is 1. The van der Waals surface area contributed by atoms with E-state index in [1.807, 2.05) is 36.4 Å². The predicted molar refractivity (Wildman–Crippen MR) is 87.9 cm³/mol. The van der Waals surface area contributed by atoms with Crippen molar-refractivity contribution in [2.75, 3.05) is 5.94 Å². The maximum atomic E-state index is 12.0. The quantitative estimate of drug-likeness (QED) is 0.364. The van der Waals surface area contributed by atoms with E-state index in [2.05, 4.69) is 9.72 Å². The lowest BCUT2D eigenvalue weighted by molar-refractivity contribution is -0.197. The first-order valence-corrected chi connectivity index (χ1v) is 8.56. The summed E-state index contributed by atoms with van der Waals surface area (Å²) in [5, 5.41) is 0.872. The number of esters is 1. The topological polar surface area (TPSA) is 39.2 Å². The third-order valence-corrected chi connectivity index (χ3v) is 4.97. The van der Waals surface area contributed by atoms with E-state index in [0.717, 1.165) is 32.5 Å². The van der Waals surface area contributed by atoms with Crippen LogP contribution in [0.25, 0.3) is 20.8 Å².